The Morgan fingerprint density at radius 2 is 2.00 bits per heavy atom. The second-order valence-electron chi connectivity index (χ2n) is 4.17. The second kappa shape index (κ2) is 5.38. The monoisotopic (exact) mass is 247 g/mol. The van der Waals surface area contributed by atoms with Crippen molar-refractivity contribution in [1.29, 1.82) is 0 Å². The first-order valence-corrected chi connectivity index (χ1v) is 6.58. The van der Waals surface area contributed by atoms with Gasteiger partial charge >= 0.3 is 0 Å². The van der Waals surface area contributed by atoms with Crippen molar-refractivity contribution in [2.75, 3.05) is 0 Å². The van der Waals surface area contributed by atoms with Crippen molar-refractivity contribution in [3.63, 3.8) is 0 Å². The van der Waals surface area contributed by atoms with Crippen LogP contribution in [0.3, 0.4) is 0 Å². The highest BCUT2D eigenvalue weighted by Gasteiger charge is 2.04. The first kappa shape index (κ1) is 12.2. The van der Waals surface area contributed by atoms with E-state index in [2.05, 4.69) is 48.3 Å². The Bertz CT molecular complexity index is 474. The van der Waals surface area contributed by atoms with Crippen LogP contribution < -0.4 is 5.73 Å². The van der Waals surface area contributed by atoms with E-state index in [1.54, 1.807) is 0 Å². The molecule has 0 unspecified atom stereocenters. The number of aromatic nitrogens is 2. The molecule has 0 atom stereocenters. The van der Waals surface area contributed by atoms with Crippen molar-refractivity contribution >= 4 is 11.8 Å². The van der Waals surface area contributed by atoms with Gasteiger partial charge in [0.2, 0.25) is 0 Å². The number of nitrogens with two attached hydrogens (primary N) is 1. The van der Waals surface area contributed by atoms with Crippen LogP contribution in [0.5, 0.6) is 0 Å². The van der Waals surface area contributed by atoms with Crippen molar-refractivity contribution in [3.05, 3.63) is 36.0 Å². The second-order valence-corrected chi connectivity index (χ2v) is 5.82. The molecule has 17 heavy (non-hydrogen) atoms. The molecule has 2 aromatic rings. The molecule has 3 nitrogen and oxygen atoms in total. The summed E-state index contributed by atoms with van der Waals surface area (Å²) in [5, 5.41) is 7.76. The molecule has 0 aliphatic rings. The molecule has 0 spiro atoms. The lowest BCUT2D eigenvalue weighted by Crippen LogP contribution is -1.95. The average molecular weight is 247 g/mol. The van der Waals surface area contributed by atoms with Crippen molar-refractivity contribution in [2.45, 2.75) is 30.5 Å². The fraction of sp³-hybridized carbons (Fsp3) is 0.308. The summed E-state index contributed by atoms with van der Waals surface area (Å²) in [5.74, 6) is 0. The highest BCUT2D eigenvalue weighted by Crippen LogP contribution is 2.25. The smallest absolute Gasteiger partial charge is 0.0924 e. The van der Waals surface area contributed by atoms with Crippen LogP contribution in [-0.4, -0.2) is 15.4 Å². The molecule has 90 valence electrons. The van der Waals surface area contributed by atoms with Gasteiger partial charge in [-0.2, -0.15) is 5.10 Å². The zero-order chi connectivity index (χ0) is 12.3. The van der Waals surface area contributed by atoms with E-state index >= 15 is 0 Å². The van der Waals surface area contributed by atoms with Gasteiger partial charge in [0.1, 0.15) is 0 Å². The number of nitrogens with zero attached hydrogens (tertiary/aromatic N) is 1. The van der Waals surface area contributed by atoms with Crippen molar-refractivity contribution in [3.8, 4) is 11.3 Å². The van der Waals surface area contributed by atoms with Gasteiger partial charge in [-0.25, -0.2) is 0 Å². The van der Waals surface area contributed by atoms with E-state index in [1.807, 2.05) is 17.8 Å². The number of hydrogen-bond donors (Lipinski definition) is 2. The number of aromatic amines is 1. The summed E-state index contributed by atoms with van der Waals surface area (Å²) < 4.78 is 0. The van der Waals surface area contributed by atoms with Crippen LogP contribution in [0.25, 0.3) is 11.3 Å². The van der Waals surface area contributed by atoms with Crippen LogP contribution in [0.1, 0.15) is 19.5 Å². The molecular formula is C13H17N3S. The molecule has 0 saturated carbocycles. The highest BCUT2D eigenvalue weighted by atomic mass is 32.2. The molecule has 0 saturated heterocycles. The predicted octanol–water partition coefficient (Wildman–Crippen LogP) is 3.04. The zero-order valence-corrected chi connectivity index (χ0v) is 10.9. The summed E-state index contributed by atoms with van der Waals surface area (Å²) in [6.07, 6.45) is 0. The first-order chi connectivity index (χ1) is 8.19. The Kier molecular flexibility index (Phi) is 3.86. The number of nitrogens with one attached hydrogen (secondary N) is 1. The molecule has 1 aromatic carbocycles. The van der Waals surface area contributed by atoms with Crippen molar-refractivity contribution in [1.82, 2.24) is 10.2 Å². The maximum atomic E-state index is 5.55. The molecule has 3 N–H and O–H groups in total. The molecule has 0 radical (unpaired) electrons. The number of H-pyrrole nitrogens is 1. The van der Waals surface area contributed by atoms with Gasteiger partial charge in [0.05, 0.1) is 5.69 Å². The topological polar surface area (TPSA) is 54.7 Å². The van der Waals surface area contributed by atoms with Gasteiger partial charge in [0.25, 0.3) is 0 Å². The summed E-state index contributed by atoms with van der Waals surface area (Å²) in [6, 6.07) is 10.5. The lowest BCUT2D eigenvalue weighted by Gasteiger charge is -2.04. The van der Waals surface area contributed by atoms with E-state index in [0.717, 1.165) is 17.0 Å². The maximum absolute atomic E-state index is 5.55. The zero-order valence-electron chi connectivity index (χ0n) is 10.1. The molecule has 2 rings (SSSR count). The molecule has 0 aliphatic carbocycles. The Balaban J connectivity index is 2.17. The molecule has 0 bridgehead atoms. The van der Waals surface area contributed by atoms with E-state index < -0.39 is 0 Å². The van der Waals surface area contributed by atoms with Crippen molar-refractivity contribution in [2.24, 2.45) is 5.73 Å². The van der Waals surface area contributed by atoms with Gasteiger partial charge in [0, 0.05) is 27.9 Å². The Hall–Kier alpha value is -1.26. The average Bonchev–Trinajstić information content (AvgIpc) is 2.78. The first-order valence-electron chi connectivity index (χ1n) is 5.70. The minimum atomic E-state index is 0.494. The number of hydrogen-bond acceptors (Lipinski definition) is 3. The number of benzene rings is 1. The van der Waals surface area contributed by atoms with Gasteiger partial charge in [-0.15, -0.1) is 11.8 Å². The quantitative estimate of drug-likeness (QED) is 0.816. The Morgan fingerprint density at radius 1 is 1.29 bits per heavy atom. The summed E-state index contributed by atoms with van der Waals surface area (Å²) >= 11 is 1.86. The maximum Gasteiger partial charge on any atom is 0.0924 e. The number of rotatable bonds is 4. The van der Waals surface area contributed by atoms with E-state index in [9.17, 15) is 0 Å². The molecule has 1 heterocycles. The van der Waals surface area contributed by atoms with E-state index in [1.165, 1.54) is 4.90 Å². The third-order valence-corrected chi connectivity index (χ3v) is 3.39. The summed E-state index contributed by atoms with van der Waals surface area (Å²) in [4.78, 5) is 1.29. The van der Waals surface area contributed by atoms with E-state index in [-0.39, 0.29) is 0 Å². The predicted molar refractivity (Wildman–Crippen MR) is 72.9 cm³/mol. The van der Waals surface area contributed by atoms with Gasteiger partial charge in [0.15, 0.2) is 0 Å². The fourth-order valence-electron chi connectivity index (χ4n) is 1.59. The minimum absolute atomic E-state index is 0.494. The normalized spacial score (nSPS) is 11.1. The third kappa shape index (κ3) is 3.11. The molecular weight excluding hydrogens is 230 g/mol. The van der Waals surface area contributed by atoms with Gasteiger partial charge in [-0.3, -0.25) is 5.10 Å². The van der Waals surface area contributed by atoms with Crippen LogP contribution in [0.4, 0.5) is 0 Å². The largest absolute Gasteiger partial charge is 0.325 e. The number of thioether (sulfide) groups is 1. The summed E-state index contributed by atoms with van der Waals surface area (Å²) in [5.41, 5.74) is 8.57. The van der Waals surface area contributed by atoms with Crippen LogP contribution in [0, 0.1) is 0 Å². The van der Waals surface area contributed by atoms with Crippen molar-refractivity contribution < 1.29 is 0 Å². The van der Waals surface area contributed by atoms with E-state index in [4.69, 9.17) is 5.73 Å². The van der Waals surface area contributed by atoms with Gasteiger partial charge < -0.3 is 5.73 Å². The van der Waals surface area contributed by atoms with Crippen LogP contribution in [-0.2, 0) is 6.54 Å². The van der Waals surface area contributed by atoms with Crippen LogP contribution in [0.2, 0.25) is 0 Å². The third-order valence-electron chi connectivity index (χ3n) is 2.37. The standard InChI is InChI=1S/C13H17N3S/c1-9(2)17-12-5-3-10(4-6-12)13-7-11(8-14)15-16-13/h3-7,9H,8,14H2,1-2H3,(H,15,16). The molecule has 0 fully saturated rings. The Labute approximate surface area is 106 Å². The molecule has 1 aromatic heterocycles. The van der Waals surface area contributed by atoms with Crippen LogP contribution in [0.15, 0.2) is 35.2 Å². The molecule has 0 amide bonds. The SMILES string of the molecule is CC(C)Sc1ccc(-c2cc(CN)[nH]n2)cc1. The lowest BCUT2D eigenvalue weighted by atomic mass is 10.1. The fourth-order valence-corrected chi connectivity index (χ4v) is 2.43. The molecule has 4 heteroatoms. The van der Waals surface area contributed by atoms with Gasteiger partial charge in [-0.05, 0) is 18.2 Å². The van der Waals surface area contributed by atoms with Crippen LogP contribution >= 0.6 is 11.8 Å². The molecule has 0 aliphatic heterocycles. The van der Waals surface area contributed by atoms with E-state index in [0.29, 0.717) is 11.8 Å². The summed E-state index contributed by atoms with van der Waals surface area (Å²) in [7, 11) is 0. The highest BCUT2D eigenvalue weighted by molar-refractivity contribution is 7.99. The lowest BCUT2D eigenvalue weighted by molar-refractivity contribution is 0.948. The van der Waals surface area contributed by atoms with Gasteiger partial charge in [-0.1, -0.05) is 26.0 Å². The summed E-state index contributed by atoms with van der Waals surface area (Å²) in [6.45, 7) is 4.88. The minimum Gasteiger partial charge on any atom is -0.325 e. The Morgan fingerprint density at radius 3 is 2.53 bits per heavy atom.